The van der Waals surface area contributed by atoms with E-state index in [1.807, 2.05) is 37.4 Å². The van der Waals surface area contributed by atoms with Gasteiger partial charge in [0.15, 0.2) is 0 Å². The van der Waals surface area contributed by atoms with Crippen LogP contribution in [0.1, 0.15) is 24.0 Å². The van der Waals surface area contributed by atoms with Crippen LogP contribution in [0.2, 0.25) is 0 Å². The molecule has 2 aromatic rings. The van der Waals surface area contributed by atoms with E-state index in [9.17, 15) is 9.59 Å². The zero-order chi connectivity index (χ0) is 15.9. The lowest BCUT2D eigenvalue weighted by Gasteiger charge is -2.08. The lowest BCUT2D eigenvalue weighted by atomic mass is 10.2. The van der Waals surface area contributed by atoms with Crippen LogP contribution in [0.3, 0.4) is 0 Å². The summed E-state index contributed by atoms with van der Waals surface area (Å²) in [5.41, 5.74) is 8.31. The van der Waals surface area contributed by atoms with Crippen LogP contribution < -0.4 is 16.6 Å². The van der Waals surface area contributed by atoms with Gasteiger partial charge in [-0.1, -0.05) is 18.2 Å². The maximum absolute atomic E-state index is 11.9. The molecule has 116 valence electrons. The zero-order valence-electron chi connectivity index (χ0n) is 12.7. The molecule has 5 nitrogen and oxygen atoms in total. The minimum absolute atomic E-state index is 0.0385. The molecule has 0 atom stereocenters. The molecular weight excluding hydrogens is 278 g/mol. The van der Waals surface area contributed by atoms with Gasteiger partial charge >= 0.3 is 0 Å². The molecule has 1 aromatic carbocycles. The number of carbonyl (C=O) groups excluding carboxylic acids is 1. The number of anilines is 1. The monoisotopic (exact) mass is 299 g/mol. The number of hydrogen-bond acceptors (Lipinski definition) is 3. The molecule has 0 fully saturated rings. The number of rotatable bonds is 6. The number of aromatic nitrogens is 1. The third-order valence-corrected chi connectivity index (χ3v) is 3.41. The van der Waals surface area contributed by atoms with Gasteiger partial charge < -0.3 is 15.6 Å². The summed E-state index contributed by atoms with van der Waals surface area (Å²) in [5.74, 6) is -0.0544. The second-order valence-corrected chi connectivity index (χ2v) is 5.29. The summed E-state index contributed by atoms with van der Waals surface area (Å²) in [4.78, 5) is 23.5. The zero-order valence-corrected chi connectivity index (χ0v) is 12.7. The SMILES string of the molecule is Cc1ccc(=O)n(CCCC(=O)Nc2ccc(CN)cc2)c1. The highest BCUT2D eigenvalue weighted by Crippen LogP contribution is 2.10. The molecule has 1 aromatic heterocycles. The quantitative estimate of drug-likeness (QED) is 0.857. The standard InChI is InChI=1S/C17H21N3O2/c1-13-4-9-17(22)20(12-13)10-2-3-16(21)19-15-7-5-14(11-18)6-8-15/h4-9,12H,2-3,10-11,18H2,1H3,(H,19,21). The average molecular weight is 299 g/mol. The molecule has 0 aliphatic rings. The summed E-state index contributed by atoms with van der Waals surface area (Å²) < 4.78 is 1.64. The lowest BCUT2D eigenvalue weighted by Crippen LogP contribution is -2.20. The minimum Gasteiger partial charge on any atom is -0.326 e. The summed E-state index contributed by atoms with van der Waals surface area (Å²) in [7, 11) is 0. The van der Waals surface area contributed by atoms with Crippen molar-refractivity contribution in [2.45, 2.75) is 32.9 Å². The van der Waals surface area contributed by atoms with Gasteiger partial charge in [-0.2, -0.15) is 0 Å². The largest absolute Gasteiger partial charge is 0.326 e. The van der Waals surface area contributed by atoms with Gasteiger partial charge in [0.25, 0.3) is 5.56 Å². The van der Waals surface area contributed by atoms with Gasteiger partial charge in [-0.3, -0.25) is 9.59 Å². The van der Waals surface area contributed by atoms with Crippen LogP contribution in [0.5, 0.6) is 0 Å². The van der Waals surface area contributed by atoms with Crippen LogP contribution in [0.4, 0.5) is 5.69 Å². The first-order valence-electron chi connectivity index (χ1n) is 7.34. The van der Waals surface area contributed by atoms with Crippen molar-refractivity contribution in [1.82, 2.24) is 4.57 Å². The van der Waals surface area contributed by atoms with Crippen LogP contribution in [0.15, 0.2) is 47.4 Å². The Bertz CT molecular complexity index is 690. The number of nitrogens with two attached hydrogens (primary N) is 1. The molecule has 0 saturated carbocycles. The molecule has 1 heterocycles. The molecule has 3 N–H and O–H groups in total. The molecule has 0 bridgehead atoms. The molecule has 0 aliphatic carbocycles. The molecule has 2 rings (SSSR count). The van der Waals surface area contributed by atoms with Crippen LogP contribution in [0, 0.1) is 6.92 Å². The van der Waals surface area contributed by atoms with Gasteiger partial charge in [-0.15, -0.1) is 0 Å². The average Bonchev–Trinajstić information content (AvgIpc) is 2.51. The van der Waals surface area contributed by atoms with E-state index < -0.39 is 0 Å². The van der Waals surface area contributed by atoms with Gasteiger partial charge in [0.1, 0.15) is 0 Å². The van der Waals surface area contributed by atoms with Crippen molar-refractivity contribution in [3.8, 4) is 0 Å². The van der Waals surface area contributed by atoms with Gasteiger partial charge in [0.2, 0.25) is 5.91 Å². The molecule has 0 unspecified atom stereocenters. The molecule has 0 spiro atoms. The first-order valence-corrected chi connectivity index (χ1v) is 7.34. The Morgan fingerprint density at radius 1 is 1.18 bits per heavy atom. The number of pyridine rings is 1. The van der Waals surface area contributed by atoms with E-state index in [0.717, 1.165) is 16.8 Å². The van der Waals surface area contributed by atoms with Crippen molar-refractivity contribution in [2.24, 2.45) is 5.73 Å². The van der Waals surface area contributed by atoms with Crippen LogP contribution in [-0.2, 0) is 17.9 Å². The van der Waals surface area contributed by atoms with E-state index in [4.69, 9.17) is 5.73 Å². The number of benzene rings is 1. The topological polar surface area (TPSA) is 77.1 Å². The fraction of sp³-hybridized carbons (Fsp3) is 0.294. The van der Waals surface area contributed by atoms with Gasteiger partial charge in [-0.25, -0.2) is 0 Å². The molecule has 0 radical (unpaired) electrons. The molecule has 1 amide bonds. The summed E-state index contributed by atoms with van der Waals surface area (Å²) in [5, 5.41) is 2.84. The Hall–Kier alpha value is -2.40. The normalized spacial score (nSPS) is 10.5. The van der Waals surface area contributed by atoms with E-state index in [2.05, 4.69) is 5.32 Å². The number of nitrogens with one attached hydrogen (secondary N) is 1. The number of aryl methyl sites for hydroxylation is 2. The van der Waals surface area contributed by atoms with E-state index in [1.54, 1.807) is 16.7 Å². The van der Waals surface area contributed by atoms with Crippen molar-refractivity contribution in [3.63, 3.8) is 0 Å². The van der Waals surface area contributed by atoms with E-state index in [1.165, 1.54) is 0 Å². The number of nitrogens with zero attached hydrogens (tertiary/aromatic N) is 1. The second kappa shape index (κ2) is 7.56. The van der Waals surface area contributed by atoms with E-state index >= 15 is 0 Å². The molecule has 22 heavy (non-hydrogen) atoms. The third-order valence-electron chi connectivity index (χ3n) is 3.41. The van der Waals surface area contributed by atoms with Gasteiger partial charge in [0, 0.05) is 37.5 Å². The van der Waals surface area contributed by atoms with Crippen molar-refractivity contribution in [2.75, 3.05) is 5.32 Å². The predicted octanol–water partition coefficient (Wildman–Crippen LogP) is 2.03. The molecule has 5 heteroatoms. The van der Waals surface area contributed by atoms with E-state index in [0.29, 0.717) is 25.9 Å². The number of hydrogen-bond donors (Lipinski definition) is 2. The number of carbonyl (C=O) groups is 1. The molecule has 0 saturated heterocycles. The maximum Gasteiger partial charge on any atom is 0.250 e. The van der Waals surface area contributed by atoms with Crippen molar-refractivity contribution < 1.29 is 4.79 Å². The summed E-state index contributed by atoms with van der Waals surface area (Å²) in [6.07, 6.45) is 2.81. The Kier molecular flexibility index (Phi) is 5.49. The van der Waals surface area contributed by atoms with E-state index in [-0.39, 0.29) is 11.5 Å². The smallest absolute Gasteiger partial charge is 0.250 e. The molecule has 0 aliphatic heterocycles. The predicted molar refractivity (Wildman–Crippen MR) is 87.6 cm³/mol. The van der Waals surface area contributed by atoms with Crippen LogP contribution in [0.25, 0.3) is 0 Å². The first kappa shape index (κ1) is 16.0. The molecular formula is C17H21N3O2. The van der Waals surface area contributed by atoms with Crippen molar-refractivity contribution >= 4 is 11.6 Å². The Labute approximate surface area is 129 Å². The number of amides is 1. The highest BCUT2D eigenvalue weighted by Gasteiger charge is 2.03. The third kappa shape index (κ3) is 4.56. The summed E-state index contributed by atoms with van der Waals surface area (Å²) in [6, 6.07) is 10.8. The highest BCUT2D eigenvalue weighted by molar-refractivity contribution is 5.90. The second-order valence-electron chi connectivity index (χ2n) is 5.29. The lowest BCUT2D eigenvalue weighted by molar-refractivity contribution is -0.116. The first-order chi connectivity index (χ1) is 10.6. The van der Waals surface area contributed by atoms with Gasteiger partial charge in [-0.05, 0) is 36.6 Å². The maximum atomic E-state index is 11.9. The fourth-order valence-corrected chi connectivity index (χ4v) is 2.18. The summed E-state index contributed by atoms with van der Waals surface area (Å²) >= 11 is 0. The fourth-order valence-electron chi connectivity index (χ4n) is 2.18. The van der Waals surface area contributed by atoms with Crippen LogP contribution in [-0.4, -0.2) is 10.5 Å². The highest BCUT2D eigenvalue weighted by atomic mass is 16.1. The minimum atomic E-state index is -0.0544. The Morgan fingerprint density at radius 2 is 1.91 bits per heavy atom. The van der Waals surface area contributed by atoms with Crippen molar-refractivity contribution in [3.05, 3.63) is 64.1 Å². The van der Waals surface area contributed by atoms with Gasteiger partial charge in [0.05, 0.1) is 0 Å². The summed E-state index contributed by atoms with van der Waals surface area (Å²) in [6.45, 7) is 2.97. The van der Waals surface area contributed by atoms with Crippen LogP contribution >= 0.6 is 0 Å². The Balaban J connectivity index is 1.82. The Morgan fingerprint density at radius 3 is 2.59 bits per heavy atom. The van der Waals surface area contributed by atoms with Crippen molar-refractivity contribution in [1.29, 1.82) is 0 Å².